The lowest BCUT2D eigenvalue weighted by Crippen LogP contribution is -2.88. The number of nitrogens with two attached hydrogens (primary N) is 1. The van der Waals surface area contributed by atoms with Gasteiger partial charge in [0.05, 0.1) is 19.3 Å². The molecule has 1 aliphatic heterocycles. The number of methoxy groups -OCH3 is 1. The van der Waals surface area contributed by atoms with E-state index < -0.39 is 0 Å². The number of ether oxygens (including phenoxy) is 2. The van der Waals surface area contributed by atoms with Crippen molar-refractivity contribution < 1.29 is 19.6 Å². The van der Waals surface area contributed by atoms with E-state index in [0.717, 1.165) is 29.0 Å². The maximum Gasteiger partial charge on any atom is 0.287 e. The van der Waals surface area contributed by atoms with E-state index in [-0.39, 0.29) is 18.0 Å². The van der Waals surface area contributed by atoms with Crippen LogP contribution in [-0.2, 0) is 4.79 Å². The summed E-state index contributed by atoms with van der Waals surface area (Å²) in [5.74, 6) is 1.55. The summed E-state index contributed by atoms with van der Waals surface area (Å²) >= 11 is 0. The van der Waals surface area contributed by atoms with E-state index in [1.54, 1.807) is 7.11 Å². The minimum atomic E-state index is -0.376. The fraction of sp³-hybridized carbons (Fsp3) is 0.208. The predicted octanol–water partition coefficient (Wildman–Crippen LogP) is 3.46. The van der Waals surface area contributed by atoms with Gasteiger partial charge in [-0.25, -0.2) is 0 Å². The van der Waals surface area contributed by atoms with Crippen LogP contribution < -0.4 is 20.1 Å². The Morgan fingerprint density at radius 1 is 1.07 bits per heavy atom. The molecule has 2 atom stereocenters. The van der Waals surface area contributed by atoms with Gasteiger partial charge in [-0.2, -0.15) is 0 Å². The number of fused-ring (bicyclic) bond motifs is 1. The molecule has 0 saturated carbocycles. The number of hydrogen-bond donors (Lipinski definition) is 2. The van der Waals surface area contributed by atoms with Crippen LogP contribution in [0.4, 0.5) is 5.69 Å². The molecule has 3 aromatic carbocycles. The quantitative estimate of drug-likeness (QED) is 0.679. The summed E-state index contributed by atoms with van der Waals surface area (Å²) in [5.41, 5.74) is 2.82. The standard InChI is InChI=1S/C24H24N2O3/c1-28-19-11-7-10-18(16-19)25-24(27)23(17-8-3-2-4-9-17)26-21-14-15-29-22-13-6-5-12-20(21)22/h2-13,16,21,23,26H,14-15H2,1H3,(H,25,27)/p+1/t21-,23+/m0/s1. The van der Waals surface area contributed by atoms with Crippen molar-refractivity contribution in [1.29, 1.82) is 0 Å². The van der Waals surface area contributed by atoms with Gasteiger partial charge in [0.25, 0.3) is 5.91 Å². The highest BCUT2D eigenvalue weighted by Crippen LogP contribution is 2.30. The Kier molecular flexibility index (Phi) is 5.77. The largest absolute Gasteiger partial charge is 0.497 e. The molecular weight excluding hydrogens is 364 g/mol. The number of rotatable bonds is 6. The molecule has 5 heteroatoms. The molecule has 0 aromatic heterocycles. The number of quaternary nitrogens is 1. The molecule has 3 aromatic rings. The van der Waals surface area contributed by atoms with Crippen molar-refractivity contribution in [3.8, 4) is 11.5 Å². The number of hydrogen-bond acceptors (Lipinski definition) is 3. The Hall–Kier alpha value is -3.31. The minimum Gasteiger partial charge on any atom is -0.497 e. The lowest BCUT2D eigenvalue weighted by atomic mass is 9.97. The van der Waals surface area contributed by atoms with Gasteiger partial charge in [0.15, 0.2) is 6.04 Å². The van der Waals surface area contributed by atoms with E-state index in [1.807, 2.05) is 72.8 Å². The highest BCUT2D eigenvalue weighted by atomic mass is 16.5. The van der Waals surface area contributed by atoms with E-state index in [1.165, 1.54) is 0 Å². The van der Waals surface area contributed by atoms with Crippen LogP contribution in [0.1, 0.15) is 29.6 Å². The lowest BCUT2D eigenvalue weighted by Gasteiger charge is -2.27. The maximum atomic E-state index is 13.3. The van der Waals surface area contributed by atoms with Crippen LogP contribution in [0.5, 0.6) is 11.5 Å². The number of carbonyl (C=O) groups excluding carboxylic acids is 1. The molecule has 0 aliphatic carbocycles. The summed E-state index contributed by atoms with van der Waals surface area (Å²) in [6.07, 6.45) is 0.854. The molecule has 0 bridgehead atoms. The molecular formula is C24H25N2O3+. The fourth-order valence-corrected chi connectivity index (χ4v) is 3.73. The molecule has 0 unspecified atom stereocenters. The minimum absolute atomic E-state index is 0.0616. The summed E-state index contributed by atoms with van der Waals surface area (Å²) in [6, 6.07) is 25.1. The number of para-hydroxylation sites is 1. The van der Waals surface area contributed by atoms with Crippen LogP contribution in [0.2, 0.25) is 0 Å². The van der Waals surface area contributed by atoms with Crippen LogP contribution in [0.15, 0.2) is 78.9 Å². The Labute approximate surface area is 170 Å². The SMILES string of the molecule is COc1cccc(NC(=O)[C@H]([NH2+][C@H]2CCOc3ccccc32)c2ccccc2)c1. The first-order valence-corrected chi connectivity index (χ1v) is 9.81. The Morgan fingerprint density at radius 3 is 2.69 bits per heavy atom. The molecule has 4 rings (SSSR count). The molecule has 148 valence electrons. The zero-order valence-electron chi connectivity index (χ0n) is 16.4. The Balaban J connectivity index is 1.60. The summed E-state index contributed by atoms with van der Waals surface area (Å²) in [5, 5.41) is 5.19. The number of anilines is 1. The second kappa shape index (κ2) is 8.80. The van der Waals surface area contributed by atoms with Crippen molar-refractivity contribution in [2.24, 2.45) is 0 Å². The molecule has 29 heavy (non-hydrogen) atoms. The van der Waals surface area contributed by atoms with E-state index in [9.17, 15) is 4.79 Å². The molecule has 3 N–H and O–H groups in total. The molecule has 1 heterocycles. The molecule has 0 saturated heterocycles. The van der Waals surface area contributed by atoms with Crippen LogP contribution >= 0.6 is 0 Å². The third kappa shape index (κ3) is 4.41. The topological polar surface area (TPSA) is 64.2 Å². The first-order chi connectivity index (χ1) is 14.2. The van der Waals surface area contributed by atoms with Gasteiger partial charge in [-0.1, -0.05) is 48.5 Å². The summed E-state index contributed by atoms with van der Waals surface area (Å²) in [4.78, 5) is 13.3. The third-order valence-electron chi connectivity index (χ3n) is 5.21. The van der Waals surface area contributed by atoms with Gasteiger partial charge >= 0.3 is 0 Å². The van der Waals surface area contributed by atoms with Gasteiger partial charge in [0.1, 0.15) is 17.5 Å². The first kappa shape index (κ1) is 19.0. The van der Waals surface area contributed by atoms with Gasteiger partial charge in [-0.05, 0) is 24.3 Å². The first-order valence-electron chi connectivity index (χ1n) is 9.81. The smallest absolute Gasteiger partial charge is 0.287 e. The van der Waals surface area contributed by atoms with E-state index in [2.05, 4.69) is 16.7 Å². The highest BCUT2D eigenvalue weighted by molar-refractivity contribution is 5.94. The fourth-order valence-electron chi connectivity index (χ4n) is 3.73. The van der Waals surface area contributed by atoms with Gasteiger partial charge in [-0.15, -0.1) is 0 Å². The number of carbonyl (C=O) groups is 1. The molecule has 0 radical (unpaired) electrons. The Morgan fingerprint density at radius 2 is 1.86 bits per heavy atom. The Bertz CT molecular complexity index is 975. The van der Waals surface area contributed by atoms with Crippen molar-refractivity contribution in [3.05, 3.63) is 90.0 Å². The summed E-state index contributed by atoms with van der Waals surface area (Å²) in [7, 11) is 1.62. The van der Waals surface area contributed by atoms with Crippen LogP contribution in [0.3, 0.4) is 0 Å². The molecule has 1 aliphatic rings. The van der Waals surface area contributed by atoms with Crippen molar-refractivity contribution in [2.45, 2.75) is 18.5 Å². The van der Waals surface area contributed by atoms with E-state index in [0.29, 0.717) is 12.4 Å². The average molecular weight is 389 g/mol. The number of nitrogens with one attached hydrogen (secondary N) is 1. The van der Waals surface area contributed by atoms with Gasteiger partial charge in [-0.3, -0.25) is 4.79 Å². The second-order valence-electron chi connectivity index (χ2n) is 7.08. The normalized spacial score (nSPS) is 16.2. The zero-order valence-corrected chi connectivity index (χ0v) is 16.4. The molecule has 5 nitrogen and oxygen atoms in total. The van der Waals surface area contributed by atoms with Gasteiger partial charge < -0.3 is 20.1 Å². The summed E-state index contributed by atoms with van der Waals surface area (Å²) < 4.78 is 11.1. The van der Waals surface area contributed by atoms with E-state index in [4.69, 9.17) is 9.47 Å². The molecule has 1 amide bonds. The highest BCUT2D eigenvalue weighted by Gasteiger charge is 2.32. The van der Waals surface area contributed by atoms with Gasteiger partial charge in [0, 0.05) is 23.7 Å². The predicted molar refractivity (Wildman–Crippen MR) is 112 cm³/mol. The van der Waals surface area contributed by atoms with Crippen molar-refractivity contribution >= 4 is 11.6 Å². The average Bonchev–Trinajstić information content (AvgIpc) is 2.78. The number of amides is 1. The lowest BCUT2D eigenvalue weighted by molar-refractivity contribution is -0.723. The van der Waals surface area contributed by atoms with Crippen LogP contribution in [0, 0.1) is 0 Å². The monoisotopic (exact) mass is 389 g/mol. The second-order valence-corrected chi connectivity index (χ2v) is 7.08. The van der Waals surface area contributed by atoms with E-state index >= 15 is 0 Å². The van der Waals surface area contributed by atoms with Crippen LogP contribution in [0.25, 0.3) is 0 Å². The van der Waals surface area contributed by atoms with Crippen LogP contribution in [-0.4, -0.2) is 19.6 Å². The van der Waals surface area contributed by atoms with Crippen molar-refractivity contribution in [2.75, 3.05) is 19.0 Å². The zero-order chi connectivity index (χ0) is 20.1. The summed E-state index contributed by atoms with van der Waals surface area (Å²) in [6.45, 7) is 0.650. The van der Waals surface area contributed by atoms with Crippen molar-refractivity contribution in [3.63, 3.8) is 0 Å². The third-order valence-corrected chi connectivity index (χ3v) is 5.21. The molecule has 0 spiro atoms. The van der Waals surface area contributed by atoms with Crippen molar-refractivity contribution in [1.82, 2.24) is 0 Å². The number of benzene rings is 3. The van der Waals surface area contributed by atoms with Gasteiger partial charge in [0.2, 0.25) is 0 Å². The maximum absolute atomic E-state index is 13.3. The molecule has 0 fully saturated rings.